The van der Waals surface area contributed by atoms with Gasteiger partial charge in [-0.15, -0.1) is 0 Å². The van der Waals surface area contributed by atoms with E-state index in [2.05, 4.69) is 4.99 Å². The van der Waals surface area contributed by atoms with Crippen molar-refractivity contribution in [3.63, 3.8) is 0 Å². The lowest BCUT2D eigenvalue weighted by Crippen LogP contribution is -2.06. The summed E-state index contributed by atoms with van der Waals surface area (Å²) in [6.45, 7) is 1.66. The SMILES string of the molecule is CSC(=N)N=C(C)N. The molecule has 0 rings (SSSR count). The molecule has 0 saturated carbocycles. The molecule has 0 heterocycles. The Bertz CT molecular complexity index is 114. The first kappa shape index (κ1) is 7.49. The van der Waals surface area contributed by atoms with Gasteiger partial charge in [0.15, 0.2) is 5.17 Å². The minimum Gasteiger partial charge on any atom is -0.387 e. The molecule has 0 atom stereocenters. The Kier molecular flexibility index (Phi) is 3.26. The summed E-state index contributed by atoms with van der Waals surface area (Å²) >= 11 is 1.27. The van der Waals surface area contributed by atoms with Gasteiger partial charge < -0.3 is 5.73 Å². The molecule has 0 radical (unpaired) electrons. The van der Waals surface area contributed by atoms with Crippen molar-refractivity contribution in [2.24, 2.45) is 10.7 Å². The molecule has 0 aliphatic heterocycles. The number of hydrogen-bond acceptors (Lipinski definition) is 2. The number of thioether (sulfide) groups is 1. The maximum absolute atomic E-state index is 6.96. The summed E-state index contributed by atoms with van der Waals surface area (Å²) < 4.78 is 0. The van der Waals surface area contributed by atoms with E-state index in [9.17, 15) is 0 Å². The highest BCUT2D eigenvalue weighted by Gasteiger charge is 1.85. The van der Waals surface area contributed by atoms with Gasteiger partial charge in [0.05, 0.1) is 5.84 Å². The highest BCUT2D eigenvalue weighted by atomic mass is 32.2. The predicted octanol–water partition coefficient (Wildman–Crippen LogP) is 0.661. The summed E-state index contributed by atoms with van der Waals surface area (Å²) in [4.78, 5) is 3.64. The molecule has 0 aliphatic carbocycles. The smallest absolute Gasteiger partial charge is 0.181 e. The molecule has 0 aromatic carbocycles. The Morgan fingerprint density at radius 1 is 1.75 bits per heavy atom. The molecule has 3 N–H and O–H groups in total. The van der Waals surface area contributed by atoms with Crippen LogP contribution in [-0.2, 0) is 0 Å². The van der Waals surface area contributed by atoms with E-state index in [1.54, 1.807) is 13.2 Å². The molecule has 0 amide bonds. The van der Waals surface area contributed by atoms with Crippen LogP contribution in [-0.4, -0.2) is 17.3 Å². The predicted molar refractivity (Wildman–Crippen MR) is 38.5 cm³/mol. The monoisotopic (exact) mass is 131 g/mol. The van der Waals surface area contributed by atoms with Gasteiger partial charge in [0, 0.05) is 0 Å². The van der Waals surface area contributed by atoms with E-state index in [1.807, 2.05) is 0 Å². The van der Waals surface area contributed by atoms with Gasteiger partial charge in [0.25, 0.3) is 0 Å². The molecule has 46 valence electrons. The Labute approximate surface area is 52.9 Å². The Hall–Kier alpha value is -0.510. The molecule has 0 spiro atoms. The van der Waals surface area contributed by atoms with Gasteiger partial charge in [-0.2, -0.15) is 0 Å². The molecule has 0 aromatic heterocycles. The van der Waals surface area contributed by atoms with Crippen molar-refractivity contribution >= 4 is 22.8 Å². The summed E-state index contributed by atoms with van der Waals surface area (Å²) in [5.74, 6) is 0.435. The van der Waals surface area contributed by atoms with Crippen LogP contribution in [0.1, 0.15) is 6.92 Å². The maximum Gasteiger partial charge on any atom is 0.181 e. The number of nitrogens with two attached hydrogens (primary N) is 1. The minimum absolute atomic E-state index is 0.255. The molecule has 4 heteroatoms. The van der Waals surface area contributed by atoms with Crippen LogP contribution in [0.25, 0.3) is 0 Å². The number of nitrogens with zero attached hydrogens (tertiary/aromatic N) is 1. The van der Waals surface area contributed by atoms with Gasteiger partial charge in [-0.05, 0) is 13.2 Å². The van der Waals surface area contributed by atoms with E-state index >= 15 is 0 Å². The van der Waals surface area contributed by atoms with E-state index < -0.39 is 0 Å². The minimum atomic E-state index is 0.255. The van der Waals surface area contributed by atoms with E-state index in [-0.39, 0.29) is 5.17 Å². The Morgan fingerprint density at radius 3 is 2.38 bits per heavy atom. The number of aliphatic imine (C=N–C) groups is 1. The topological polar surface area (TPSA) is 62.2 Å². The molecular formula is C4H9N3S. The summed E-state index contributed by atoms with van der Waals surface area (Å²) in [6, 6.07) is 0. The third kappa shape index (κ3) is 3.67. The first-order valence-corrected chi connectivity index (χ1v) is 3.32. The summed E-state index contributed by atoms with van der Waals surface area (Å²) in [5.41, 5.74) is 5.16. The summed E-state index contributed by atoms with van der Waals surface area (Å²) in [7, 11) is 0. The van der Waals surface area contributed by atoms with Gasteiger partial charge in [0.2, 0.25) is 0 Å². The van der Waals surface area contributed by atoms with E-state index in [1.165, 1.54) is 11.8 Å². The van der Waals surface area contributed by atoms with Crippen molar-refractivity contribution in [2.45, 2.75) is 6.92 Å². The zero-order valence-corrected chi connectivity index (χ0v) is 5.75. The molecule has 0 saturated heterocycles. The number of hydrogen-bond donors (Lipinski definition) is 2. The Balaban J connectivity index is 3.70. The fourth-order valence-corrected chi connectivity index (χ4v) is 0.441. The molecule has 0 bridgehead atoms. The lowest BCUT2D eigenvalue weighted by molar-refractivity contribution is 1.46. The van der Waals surface area contributed by atoms with Crippen LogP contribution in [0.4, 0.5) is 0 Å². The van der Waals surface area contributed by atoms with Crippen LogP contribution >= 0.6 is 11.8 Å². The number of nitrogens with one attached hydrogen (secondary N) is 1. The zero-order chi connectivity index (χ0) is 6.57. The second-order valence-electron chi connectivity index (χ2n) is 1.26. The highest BCUT2D eigenvalue weighted by molar-refractivity contribution is 8.13. The second-order valence-corrected chi connectivity index (χ2v) is 2.06. The van der Waals surface area contributed by atoms with Crippen molar-refractivity contribution in [3.05, 3.63) is 0 Å². The summed E-state index contributed by atoms with van der Waals surface area (Å²) in [5, 5.41) is 7.22. The van der Waals surface area contributed by atoms with Crippen molar-refractivity contribution in [2.75, 3.05) is 6.26 Å². The Morgan fingerprint density at radius 2 is 2.25 bits per heavy atom. The maximum atomic E-state index is 6.96. The quantitative estimate of drug-likeness (QED) is 0.375. The number of rotatable bonds is 0. The third-order valence-electron chi connectivity index (χ3n) is 0.471. The van der Waals surface area contributed by atoms with Gasteiger partial charge in [-0.1, -0.05) is 11.8 Å². The van der Waals surface area contributed by atoms with E-state index in [0.29, 0.717) is 5.84 Å². The first-order valence-electron chi connectivity index (χ1n) is 2.10. The average Bonchev–Trinajstić information content (AvgIpc) is 1.65. The van der Waals surface area contributed by atoms with Crippen molar-refractivity contribution in [1.82, 2.24) is 0 Å². The fourth-order valence-electron chi connectivity index (χ4n) is 0.206. The van der Waals surface area contributed by atoms with Gasteiger partial charge in [-0.3, -0.25) is 5.41 Å². The van der Waals surface area contributed by atoms with Crippen LogP contribution < -0.4 is 5.73 Å². The van der Waals surface area contributed by atoms with Crippen LogP contribution in [0, 0.1) is 5.41 Å². The molecular weight excluding hydrogens is 122 g/mol. The first-order chi connectivity index (χ1) is 3.66. The van der Waals surface area contributed by atoms with Crippen LogP contribution in [0.15, 0.2) is 4.99 Å². The highest BCUT2D eigenvalue weighted by Crippen LogP contribution is 1.94. The van der Waals surface area contributed by atoms with Gasteiger partial charge >= 0.3 is 0 Å². The van der Waals surface area contributed by atoms with Crippen LogP contribution in [0.3, 0.4) is 0 Å². The van der Waals surface area contributed by atoms with Crippen molar-refractivity contribution in [3.8, 4) is 0 Å². The molecule has 0 fully saturated rings. The molecule has 0 unspecified atom stereocenters. The lowest BCUT2D eigenvalue weighted by atomic mass is 10.7. The third-order valence-corrected chi connectivity index (χ3v) is 0.949. The second kappa shape index (κ2) is 3.49. The normalized spacial score (nSPS) is 11.5. The van der Waals surface area contributed by atoms with Crippen LogP contribution in [0.2, 0.25) is 0 Å². The zero-order valence-electron chi connectivity index (χ0n) is 4.93. The molecule has 3 nitrogen and oxygen atoms in total. The molecule has 8 heavy (non-hydrogen) atoms. The van der Waals surface area contributed by atoms with Crippen LogP contribution in [0.5, 0.6) is 0 Å². The fraction of sp³-hybridized carbons (Fsp3) is 0.500. The largest absolute Gasteiger partial charge is 0.387 e. The number of amidine groups is 2. The van der Waals surface area contributed by atoms with Gasteiger partial charge in [0.1, 0.15) is 0 Å². The molecule has 0 aromatic rings. The van der Waals surface area contributed by atoms with Crippen molar-refractivity contribution in [1.29, 1.82) is 5.41 Å². The van der Waals surface area contributed by atoms with Crippen molar-refractivity contribution < 1.29 is 0 Å². The standard InChI is InChI=1S/C4H9N3S/c1-3(5)7-4(6)8-2/h1-2H3,(H3,5,6,7). The van der Waals surface area contributed by atoms with Gasteiger partial charge in [-0.25, -0.2) is 4.99 Å². The summed E-state index contributed by atoms with van der Waals surface area (Å²) in [6.07, 6.45) is 1.79. The van der Waals surface area contributed by atoms with E-state index in [4.69, 9.17) is 11.1 Å². The molecule has 0 aliphatic rings. The van der Waals surface area contributed by atoms with E-state index in [0.717, 1.165) is 0 Å². The average molecular weight is 131 g/mol. The lowest BCUT2D eigenvalue weighted by Gasteiger charge is -1.88.